The number of phosphoric acid groups is 3. The van der Waals surface area contributed by atoms with Crippen LogP contribution in [0.5, 0.6) is 0 Å². The van der Waals surface area contributed by atoms with E-state index in [2.05, 4.69) is 27.1 Å². The first-order valence-corrected chi connectivity index (χ1v) is 13.2. The van der Waals surface area contributed by atoms with Gasteiger partial charge in [0.25, 0.3) is 23.5 Å². The zero-order chi connectivity index (χ0) is 29.5. The van der Waals surface area contributed by atoms with Crippen LogP contribution in [0.2, 0.25) is 0 Å². The number of alkyl halides is 9. The molecule has 0 aliphatic heterocycles. The fraction of sp³-hybridized carbons (Fsp3) is 1.00. The zero-order valence-corrected chi connectivity index (χ0v) is 22.8. The van der Waals surface area contributed by atoms with E-state index in [0.29, 0.717) is 0 Å². The van der Waals surface area contributed by atoms with Crippen molar-refractivity contribution in [2.45, 2.75) is 39.3 Å². The number of hydrogen-bond donors (Lipinski definition) is 0. The molecule has 0 amide bonds. The summed E-state index contributed by atoms with van der Waals surface area (Å²) in [5, 5.41) is 0. The van der Waals surface area contributed by atoms with Gasteiger partial charge < -0.3 is 41.8 Å². The van der Waals surface area contributed by atoms with Gasteiger partial charge in [0.15, 0.2) is 19.8 Å². The molecule has 222 valence electrons. The Morgan fingerprint density at radius 1 is 0.486 bits per heavy atom. The third-order valence-electron chi connectivity index (χ3n) is 2.02. The van der Waals surface area contributed by atoms with Crippen LogP contribution in [0.1, 0.15) is 20.8 Å². The van der Waals surface area contributed by atoms with Crippen molar-refractivity contribution in [1.29, 1.82) is 0 Å². The van der Waals surface area contributed by atoms with Crippen LogP contribution in [-0.4, -0.2) is 75.5 Å². The molecule has 0 aliphatic carbocycles. The molecule has 37 heavy (non-hydrogen) atoms. The minimum Gasteiger partial charge on any atom is -0.756 e. The Hall–Kier alpha value is 0.232. The van der Waals surface area contributed by atoms with Crippen molar-refractivity contribution >= 4 is 40.8 Å². The van der Waals surface area contributed by atoms with Crippen molar-refractivity contribution in [1.82, 2.24) is 0 Å². The molecule has 3 unspecified atom stereocenters. The molecule has 0 aromatic carbocycles. The Kier molecular flexibility index (Phi) is 23.1. The molecule has 0 N–H and O–H groups in total. The Bertz CT molecular complexity index is 641. The van der Waals surface area contributed by atoms with Gasteiger partial charge in [-0.15, -0.1) is 0 Å². The molecular weight excluding hydrogens is 627 g/mol. The van der Waals surface area contributed by atoms with Crippen molar-refractivity contribution in [2.75, 3.05) is 39.6 Å². The van der Waals surface area contributed by atoms with E-state index < -0.39 is 61.8 Å². The van der Waals surface area contributed by atoms with E-state index in [1.54, 1.807) is 0 Å². The van der Waals surface area contributed by atoms with Crippen LogP contribution in [0.25, 0.3) is 0 Å². The van der Waals surface area contributed by atoms with Gasteiger partial charge in [-0.3, -0.25) is 13.7 Å². The molecule has 3 atom stereocenters. The first-order chi connectivity index (χ1) is 15.8. The fourth-order valence-electron chi connectivity index (χ4n) is 1.04. The summed E-state index contributed by atoms with van der Waals surface area (Å²) in [4.78, 5) is 31.1. The van der Waals surface area contributed by atoms with Crippen LogP contribution < -0.4 is 14.7 Å². The molecule has 0 radical (unpaired) electrons. The Morgan fingerprint density at radius 3 is 0.757 bits per heavy atom. The van der Waals surface area contributed by atoms with Crippen molar-refractivity contribution in [3.05, 3.63) is 0 Å². The zero-order valence-electron chi connectivity index (χ0n) is 19.0. The Labute approximate surface area is 215 Å². The first-order valence-electron chi connectivity index (χ1n) is 8.81. The van der Waals surface area contributed by atoms with Crippen molar-refractivity contribution in [3.8, 4) is 0 Å². The molecule has 0 heterocycles. The predicted molar refractivity (Wildman–Crippen MR) is 99.5 cm³/mol. The largest absolute Gasteiger partial charge is 3.00 e. The van der Waals surface area contributed by atoms with Gasteiger partial charge in [-0.1, -0.05) is 0 Å². The second-order valence-electron chi connectivity index (χ2n) is 5.26. The summed E-state index contributed by atoms with van der Waals surface area (Å²) in [7, 11) is -14.3. The van der Waals surface area contributed by atoms with Gasteiger partial charge in [-0.25, -0.2) is 0 Å². The second-order valence-corrected chi connectivity index (χ2v) is 9.49. The monoisotopic (exact) mass is 648 g/mol. The average Bonchev–Trinajstić information content (AvgIpc) is 2.63. The van der Waals surface area contributed by atoms with Crippen LogP contribution in [0, 0.1) is 0 Å². The third-order valence-corrected chi connectivity index (χ3v) is 5.08. The smallest absolute Gasteiger partial charge is 0.756 e. The summed E-state index contributed by atoms with van der Waals surface area (Å²) in [6.45, 7) is -2.35. The molecule has 0 aromatic heterocycles. The predicted octanol–water partition coefficient (Wildman–Crippen LogP) is 2.83. The first kappa shape index (κ1) is 44.3. The van der Waals surface area contributed by atoms with Gasteiger partial charge in [0.2, 0.25) is 0 Å². The van der Waals surface area contributed by atoms with Crippen LogP contribution in [0.4, 0.5) is 39.5 Å². The van der Waals surface area contributed by atoms with Crippen LogP contribution in [0.3, 0.4) is 0 Å². The maximum Gasteiger partial charge on any atom is 3.00 e. The minimum atomic E-state index is -4.76. The summed E-state index contributed by atoms with van der Waals surface area (Å²) in [6.07, 6.45) is -14.0. The Morgan fingerprint density at radius 2 is 0.649 bits per heavy atom. The molecule has 12 nitrogen and oxygen atoms in total. The standard InChI is InChI=1S/3C4H8F3O4P.Al/c3*1-2-10-12(8,9)11-3-4(5,6)7;/h3*2-3H2,1H3,(H,8,9);/q;;;+3/p-3. The SMILES string of the molecule is CCOP(=O)([O-])OCC(F)(F)F.CCOP(=O)([O-])OCC(F)(F)F.CCOP(=O)([O-])OCC(F)(F)F.[Al+3]. The minimum absolute atomic E-state index is 0. The van der Waals surface area contributed by atoms with Crippen molar-refractivity contribution in [2.24, 2.45) is 0 Å². The quantitative estimate of drug-likeness (QED) is 0.172. The van der Waals surface area contributed by atoms with E-state index in [9.17, 15) is 67.9 Å². The van der Waals surface area contributed by atoms with Crippen LogP contribution in [-0.2, 0) is 40.8 Å². The number of phosphoric ester groups is 3. The van der Waals surface area contributed by atoms with Crippen LogP contribution >= 0.6 is 23.5 Å². The van der Waals surface area contributed by atoms with Crippen molar-refractivity contribution in [3.63, 3.8) is 0 Å². The Balaban J connectivity index is -0.000000218. The summed E-state index contributed by atoms with van der Waals surface area (Å²) in [5.41, 5.74) is 0. The van der Waals surface area contributed by atoms with Crippen molar-refractivity contribution < 1.29 is 95.0 Å². The average molecular weight is 648 g/mol. The van der Waals surface area contributed by atoms with E-state index in [1.807, 2.05) is 0 Å². The number of halogens is 9. The summed E-state index contributed by atoms with van der Waals surface area (Å²) in [5.74, 6) is 0. The molecule has 0 saturated heterocycles. The molecule has 0 saturated carbocycles. The maximum absolute atomic E-state index is 11.4. The second kappa shape index (κ2) is 19.3. The summed E-state index contributed by atoms with van der Waals surface area (Å²) in [6, 6.07) is 0. The van der Waals surface area contributed by atoms with Gasteiger partial charge >= 0.3 is 35.9 Å². The normalized spacial score (nSPS) is 16.9. The molecule has 25 heteroatoms. The molecule has 0 bridgehead atoms. The van der Waals surface area contributed by atoms with E-state index in [0.717, 1.165) is 0 Å². The molecular formula is C12H21AlF9O12P3. The molecule has 0 spiro atoms. The van der Waals surface area contributed by atoms with Crippen LogP contribution in [0.15, 0.2) is 0 Å². The molecule has 0 rings (SSSR count). The van der Waals surface area contributed by atoms with Gasteiger partial charge in [0.1, 0.15) is 0 Å². The summed E-state index contributed by atoms with van der Waals surface area (Å²) >= 11 is 0. The van der Waals surface area contributed by atoms with Gasteiger partial charge in [0.05, 0.1) is 19.8 Å². The van der Waals surface area contributed by atoms with E-state index in [1.165, 1.54) is 20.8 Å². The molecule has 0 aromatic rings. The molecule has 0 fully saturated rings. The van der Waals surface area contributed by atoms with Gasteiger partial charge in [-0.2, -0.15) is 39.5 Å². The number of hydrogen-bond acceptors (Lipinski definition) is 12. The van der Waals surface area contributed by atoms with E-state index in [-0.39, 0.29) is 37.2 Å². The van der Waals surface area contributed by atoms with E-state index >= 15 is 0 Å². The number of rotatable bonds is 12. The van der Waals surface area contributed by atoms with Gasteiger partial charge in [-0.05, 0) is 20.8 Å². The maximum atomic E-state index is 11.4. The van der Waals surface area contributed by atoms with E-state index in [4.69, 9.17) is 0 Å². The third kappa shape index (κ3) is 38.4. The molecule has 0 aliphatic rings. The topological polar surface area (TPSA) is 176 Å². The van der Waals surface area contributed by atoms with Gasteiger partial charge in [0, 0.05) is 0 Å². The summed E-state index contributed by atoms with van der Waals surface area (Å²) < 4.78 is 156. The fourth-order valence-corrected chi connectivity index (χ4v) is 3.13.